The number of aryl methyl sites for hydroxylation is 2. The van der Waals surface area contributed by atoms with Gasteiger partial charge in [-0.15, -0.1) is 65.5 Å². The Morgan fingerprint density at radius 2 is 1.27 bits per heavy atom. The molecule has 0 unspecified atom stereocenters. The average Bonchev–Trinajstić information content (AvgIpc) is 3.68. The third kappa shape index (κ3) is 6.82. The van der Waals surface area contributed by atoms with Crippen LogP contribution in [0, 0.1) is 31.4 Å². The minimum atomic E-state index is 0. The molecule has 0 saturated heterocycles. The molecule has 0 atom stereocenters. The van der Waals surface area contributed by atoms with Gasteiger partial charge in [-0.05, 0) is 78.1 Å². The number of benzene rings is 6. The van der Waals surface area contributed by atoms with Gasteiger partial charge in [0.15, 0.2) is 0 Å². The van der Waals surface area contributed by atoms with Gasteiger partial charge in [-0.2, -0.15) is 0 Å². The van der Waals surface area contributed by atoms with Crippen molar-refractivity contribution in [1.82, 2.24) is 18.9 Å². The van der Waals surface area contributed by atoms with Crippen molar-refractivity contribution >= 4 is 49.4 Å². The maximum absolute atomic E-state index is 4.91. The van der Waals surface area contributed by atoms with Crippen LogP contribution in [-0.4, -0.2) is 18.9 Å². The standard InChI is InChI=1S/C24H21N2.C21H17N2.2Ir/c1-24(2,3)15-16-12-13-21-19(14-16)17-8-4-5-9-18(17)23-25-20-10-6-7-11-22(20)26(21)23;1-15-9-8-10-16(2)20(15)23-19-14-7-6-13-18(19)22-21(23)17-11-4-3-5-12-17;;/h4-8,10-14H,15H2,1-3H3;3-11,13-14H,1-2H3;;/q2*-1;;. The SMILES string of the molecule is CC(C)(C)Cc1ccc2c(c1)c1ccc[c-]c1c1nc3ccccc3n21.Cc1cccc(C)c1-n1c(-c2[c-]cccc2)nc2ccccc21.[Ir].[Ir]. The Morgan fingerprint density at radius 3 is 1.98 bits per heavy atom. The van der Waals surface area contributed by atoms with E-state index in [0.29, 0.717) is 0 Å². The summed E-state index contributed by atoms with van der Waals surface area (Å²) in [7, 11) is 0. The van der Waals surface area contributed by atoms with E-state index < -0.39 is 0 Å². The van der Waals surface area contributed by atoms with Crippen molar-refractivity contribution in [2.24, 2.45) is 5.41 Å². The van der Waals surface area contributed by atoms with Crippen molar-refractivity contribution in [3.05, 3.63) is 156 Å². The molecule has 0 N–H and O–H groups in total. The smallest absolute Gasteiger partial charge is 0.0774 e. The third-order valence-electron chi connectivity index (χ3n) is 9.14. The number of rotatable bonds is 3. The Balaban J connectivity index is 0.000000170. The van der Waals surface area contributed by atoms with Gasteiger partial charge >= 0.3 is 0 Å². The van der Waals surface area contributed by atoms with Gasteiger partial charge in [-0.1, -0.05) is 80.8 Å². The van der Waals surface area contributed by atoms with Crippen molar-refractivity contribution in [1.29, 1.82) is 0 Å². The third-order valence-corrected chi connectivity index (χ3v) is 9.14. The fraction of sp³-hybridized carbons (Fsp3) is 0.156. The van der Waals surface area contributed by atoms with Crippen molar-refractivity contribution in [2.45, 2.75) is 41.0 Å². The molecule has 3 heterocycles. The average molecular weight is 1020 g/mol. The van der Waals surface area contributed by atoms with Crippen LogP contribution >= 0.6 is 0 Å². The molecule has 0 aliphatic carbocycles. The van der Waals surface area contributed by atoms with Crippen molar-refractivity contribution < 1.29 is 40.2 Å². The Morgan fingerprint density at radius 1 is 0.608 bits per heavy atom. The summed E-state index contributed by atoms with van der Waals surface area (Å²) in [5.41, 5.74) is 12.8. The first-order valence-corrected chi connectivity index (χ1v) is 16.9. The van der Waals surface area contributed by atoms with E-state index in [4.69, 9.17) is 9.97 Å². The van der Waals surface area contributed by atoms with Crippen LogP contribution < -0.4 is 0 Å². The fourth-order valence-corrected chi connectivity index (χ4v) is 7.12. The molecule has 258 valence electrons. The van der Waals surface area contributed by atoms with Gasteiger partial charge in [0.1, 0.15) is 0 Å². The zero-order valence-corrected chi connectivity index (χ0v) is 34.1. The van der Waals surface area contributed by atoms with Crippen LogP contribution in [-0.2, 0) is 46.6 Å². The molecule has 0 saturated carbocycles. The molecule has 6 heteroatoms. The van der Waals surface area contributed by atoms with Crippen LogP contribution in [0.1, 0.15) is 37.5 Å². The number of hydrogen-bond donors (Lipinski definition) is 0. The van der Waals surface area contributed by atoms with Crippen molar-refractivity contribution in [3.63, 3.8) is 0 Å². The molecule has 9 aromatic rings. The first-order chi connectivity index (χ1) is 23.8. The fourth-order valence-electron chi connectivity index (χ4n) is 7.12. The quantitative estimate of drug-likeness (QED) is 0.131. The summed E-state index contributed by atoms with van der Waals surface area (Å²) in [6.45, 7) is 11.2. The number of pyridine rings is 1. The second-order valence-electron chi connectivity index (χ2n) is 14.1. The van der Waals surface area contributed by atoms with Gasteiger partial charge in [-0.3, -0.25) is 9.97 Å². The van der Waals surface area contributed by atoms with Gasteiger partial charge < -0.3 is 8.97 Å². The molecule has 0 spiro atoms. The zero-order valence-electron chi connectivity index (χ0n) is 29.3. The van der Waals surface area contributed by atoms with E-state index in [9.17, 15) is 0 Å². The molecule has 9 rings (SSSR count). The minimum absolute atomic E-state index is 0. The zero-order chi connectivity index (χ0) is 33.7. The first-order valence-electron chi connectivity index (χ1n) is 16.9. The number of nitrogens with zero attached hydrogens (tertiary/aromatic N) is 4. The van der Waals surface area contributed by atoms with Gasteiger partial charge in [0, 0.05) is 51.4 Å². The van der Waals surface area contributed by atoms with Gasteiger partial charge in [0.25, 0.3) is 0 Å². The van der Waals surface area contributed by atoms with E-state index in [1.165, 1.54) is 38.7 Å². The van der Waals surface area contributed by atoms with Crippen LogP contribution in [0.3, 0.4) is 0 Å². The number of fused-ring (bicyclic) bond motifs is 9. The Hall–Kier alpha value is -4.44. The molecular formula is C45H38Ir2N4-2. The molecule has 0 aliphatic heterocycles. The predicted octanol–water partition coefficient (Wildman–Crippen LogP) is 11.3. The topological polar surface area (TPSA) is 35.1 Å². The number of hydrogen-bond acceptors (Lipinski definition) is 2. The summed E-state index contributed by atoms with van der Waals surface area (Å²) in [6, 6.07) is 50.9. The van der Waals surface area contributed by atoms with Gasteiger partial charge in [0.2, 0.25) is 0 Å². The summed E-state index contributed by atoms with van der Waals surface area (Å²) in [5, 5.41) is 3.58. The summed E-state index contributed by atoms with van der Waals surface area (Å²) in [6.07, 6.45) is 1.06. The minimum Gasteiger partial charge on any atom is -0.333 e. The Labute approximate surface area is 326 Å². The van der Waals surface area contributed by atoms with E-state index in [-0.39, 0.29) is 45.6 Å². The Kier molecular flexibility index (Phi) is 10.4. The van der Waals surface area contributed by atoms with Crippen LogP contribution in [0.2, 0.25) is 0 Å². The molecule has 3 aromatic heterocycles. The summed E-state index contributed by atoms with van der Waals surface area (Å²) < 4.78 is 4.54. The van der Waals surface area contributed by atoms with Crippen LogP contribution in [0.25, 0.3) is 66.5 Å². The van der Waals surface area contributed by atoms with Crippen molar-refractivity contribution in [3.8, 4) is 17.1 Å². The number of para-hydroxylation sites is 5. The van der Waals surface area contributed by atoms with Crippen molar-refractivity contribution in [2.75, 3.05) is 0 Å². The Bertz CT molecular complexity index is 2630. The largest absolute Gasteiger partial charge is 0.333 e. The molecule has 0 bridgehead atoms. The van der Waals surface area contributed by atoms with E-state index in [1.807, 2.05) is 36.4 Å². The maximum Gasteiger partial charge on any atom is 0.0774 e. The number of aromatic nitrogens is 4. The number of imidazole rings is 2. The summed E-state index contributed by atoms with van der Waals surface area (Å²) in [5.74, 6) is 0.934. The molecule has 0 amide bonds. The van der Waals surface area contributed by atoms with Gasteiger partial charge in [0.05, 0.1) is 33.5 Å². The molecule has 0 fully saturated rings. The van der Waals surface area contributed by atoms with E-state index in [0.717, 1.165) is 50.9 Å². The van der Waals surface area contributed by atoms with Gasteiger partial charge in [-0.25, -0.2) is 0 Å². The van der Waals surface area contributed by atoms with E-state index in [1.54, 1.807) is 0 Å². The second-order valence-corrected chi connectivity index (χ2v) is 14.1. The normalized spacial score (nSPS) is 11.4. The predicted molar refractivity (Wildman–Crippen MR) is 205 cm³/mol. The van der Waals surface area contributed by atoms with Crippen LogP contribution in [0.4, 0.5) is 0 Å². The molecule has 51 heavy (non-hydrogen) atoms. The monoisotopic (exact) mass is 1020 g/mol. The summed E-state index contributed by atoms with van der Waals surface area (Å²) in [4.78, 5) is 9.78. The maximum atomic E-state index is 4.91. The van der Waals surface area contributed by atoms with Crippen LogP contribution in [0.15, 0.2) is 127 Å². The molecule has 2 radical (unpaired) electrons. The summed E-state index contributed by atoms with van der Waals surface area (Å²) >= 11 is 0. The first kappa shape index (κ1) is 36.4. The molecule has 4 nitrogen and oxygen atoms in total. The van der Waals surface area contributed by atoms with E-state index >= 15 is 0 Å². The second kappa shape index (κ2) is 14.7. The van der Waals surface area contributed by atoms with Crippen LogP contribution in [0.5, 0.6) is 0 Å². The molecule has 0 aliphatic rings. The molecule has 6 aromatic carbocycles. The van der Waals surface area contributed by atoms with E-state index in [2.05, 4.69) is 147 Å². The molecular weight excluding hydrogens is 981 g/mol.